The van der Waals surface area contributed by atoms with Gasteiger partial charge in [-0.2, -0.15) is 0 Å². The number of carbonyl (C=O) groups is 1. The van der Waals surface area contributed by atoms with Crippen molar-refractivity contribution < 1.29 is 9.53 Å². The van der Waals surface area contributed by atoms with E-state index < -0.39 is 0 Å². The quantitative estimate of drug-likeness (QED) is 0.688. The van der Waals surface area contributed by atoms with Gasteiger partial charge >= 0.3 is 5.97 Å². The Kier molecular flexibility index (Phi) is 3.68. The first kappa shape index (κ1) is 10.8. The first-order valence-corrected chi connectivity index (χ1v) is 4.81. The molecule has 0 aromatic carbocycles. The Bertz CT molecular complexity index is 280. The summed E-state index contributed by atoms with van der Waals surface area (Å²) in [5.74, 6) is 0.00347. The summed E-state index contributed by atoms with van der Waals surface area (Å²) in [6.45, 7) is 6.20. The summed E-state index contributed by atoms with van der Waals surface area (Å²) in [6.07, 6.45) is 5.08. The van der Waals surface area contributed by atoms with Crippen LogP contribution in [0.1, 0.15) is 26.8 Å². The third-order valence-electron chi connectivity index (χ3n) is 2.01. The predicted octanol–water partition coefficient (Wildman–Crippen LogP) is 1.64. The zero-order chi connectivity index (χ0) is 10.6. The molecule has 0 saturated carbocycles. The fraction of sp³-hybridized carbons (Fsp3) is 0.600. The zero-order valence-corrected chi connectivity index (χ0v) is 8.80. The van der Waals surface area contributed by atoms with Crippen LogP contribution in [0.4, 0.5) is 0 Å². The van der Waals surface area contributed by atoms with E-state index in [1.807, 2.05) is 20.8 Å². The number of hydrogen-bond donors (Lipinski definition) is 0. The molecule has 1 unspecified atom stereocenters. The number of nitrogens with zero attached hydrogens (tertiary/aromatic N) is 2. The van der Waals surface area contributed by atoms with Gasteiger partial charge in [0.2, 0.25) is 0 Å². The molecule has 4 nitrogen and oxygen atoms in total. The third-order valence-corrected chi connectivity index (χ3v) is 2.01. The Morgan fingerprint density at radius 1 is 1.57 bits per heavy atom. The van der Waals surface area contributed by atoms with Crippen LogP contribution < -0.4 is 0 Å². The van der Waals surface area contributed by atoms with Gasteiger partial charge in [0.1, 0.15) is 6.04 Å². The lowest BCUT2D eigenvalue weighted by Crippen LogP contribution is -2.25. The first-order chi connectivity index (χ1) is 6.66. The minimum absolute atomic E-state index is 0.194. The molecule has 0 aliphatic carbocycles. The molecule has 0 aliphatic rings. The Hall–Kier alpha value is -1.32. The van der Waals surface area contributed by atoms with Gasteiger partial charge in [0.25, 0.3) is 0 Å². The minimum atomic E-state index is -0.266. The van der Waals surface area contributed by atoms with E-state index in [0.29, 0.717) is 6.61 Å². The molecule has 1 rings (SSSR count). The average molecular weight is 196 g/mol. The highest BCUT2D eigenvalue weighted by atomic mass is 16.5. The molecule has 0 radical (unpaired) electrons. The van der Waals surface area contributed by atoms with Crippen LogP contribution in [0, 0.1) is 5.92 Å². The van der Waals surface area contributed by atoms with Gasteiger partial charge in [-0.3, -0.25) is 0 Å². The van der Waals surface area contributed by atoms with Gasteiger partial charge in [0, 0.05) is 12.4 Å². The highest BCUT2D eigenvalue weighted by Crippen LogP contribution is 2.18. The van der Waals surface area contributed by atoms with Gasteiger partial charge in [-0.25, -0.2) is 9.78 Å². The van der Waals surface area contributed by atoms with Crippen molar-refractivity contribution in [1.82, 2.24) is 9.55 Å². The van der Waals surface area contributed by atoms with E-state index in [4.69, 9.17) is 4.74 Å². The highest BCUT2D eigenvalue weighted by molar-refractivity contribution is 5.74. The smallest absolute Gasteiger partial charge is 0.329 e. The van der Waals surface area contributed by atoms with Crippen LogP contribution in [0.2, 0.25) is 0 Å². The van der Waals surface area contributed by atoms with Crippen LogP contribution in [-0.2, 0) is 9.53 Å². The van der Waals surface area contributed by atoms with Crippen molar-refractivity contribution in [3.8, 4) is 0 Å². The summed E-state index contributed by atoms with van der Waals surface area (Å²) in [7, 11) is 0. The summed E-state index contributed by atoms with van der Waals surface area (Å²) < 4.78 is 6.78. The maximum absolute atomic E-state index is 11.6. The minimum Gasteiger partial charge on any atom is -0.464 e. The summed E-state index contributed by atoms with van der Waals surface area (Å²) in [5, 5.41) is 0. The molecule has 1 aromatic rings. The highest BCUT2D eigenvalue weighted by Gasteiger charge is 2.24. The summed E-state index contributed by atoms with van der Waals surface area (Å²) in [6, 6.07) is -0.266. The van der Waals surface area contributed by atoms with Crippen LogP contribution in [0.3, 0.4) is 0 Å². The van der Waals surface area contributed by atoms with Crippen LogP contribution in [0.5, 0.6) is 0 Å². The number of hydrogen-bond acceptors (Lipinski definition) is 3. The molecule has 0 amide bonds. The number of ether oxygens (including phenoxy) is 1. The van der Waals surface area contributed by atoms with Crippen LogP contribution >= 0.6 is 0 Å². The molecule has 14 heavy (non-hydrogen) atoms. The van der Waals surface area contributed by atoms with Crippen LogP contribution in [0.25, 0.3) is 0 Å². The van der Waals surface area contributed by atoms with Gasteiger partial charge in [0.05, 0.1) is 12.9 Å². The van der Waals surface area contributed by atoms with Crippen molar-refractivity contribution in [2.75, 3.05) is 6.61 Å². The second-order valence-electron chi connectivity index (χ2n) is 3.45. The van der Waals surface area contributed by atoms with Crippen molar-refractivity contribution in [2.24, 2.45) is 5.92 Å². The predicted molar refractivity (Wildman–Crippen MR) is 52.7 cm³/mol. The molecule has 0 fully saturated rings. The van der Waals surface area contributed by atoms with E-state index in [-0.39, 0.29) is 17.9 Å². The monoisotopic (exact) mass is 196 g/mol. The summed E-state index contributed by atoms with van der Waals surface area (Å²) >= 11 is 0. The number of esters is 1. The lowest BCUT2D eigenvalue weighted by atomic mass is 10.0. The largest absolute Gasteiger partial charge is 0.464 e. The number of imidazole rings is 1. The fourth-order valence-corrected chi connectivity index (χ4v) is 1.40. The van der Waals surface area contributed by atoms with Crippen molar-refractivity contribution in [3.63, 3.8) is 0 Å². The third kappa shape index (κ3) is 2.34. The molecular formula is C10H16N2O2. The number of rotatable bonds is 4. The number of carbonyl (C=O) groups excluding carboxylic acids is 1. The summed E-state index contributed by atoms with van der Waals surface area (Å²) in [4.78, 5) is 15.5. The van der Waals surface area contributed by atoms with Crippen molar-refractivity contribution in [3.05, 3.63) is 18.7 Å². The molecule has 0 bridgehead atoms. The Morgan fingerprint density at radius 3 is 2.71 bits per heavy atom. The Morgan fingerprint density at radius 2 is 2.29 bits per heavy atom. The molecule has 1 atom stereocenters. The molecule has 0 spiro atoms. The van der Waals surface area contributed by atoms with Crippen LogP contribution in [0.15, 0.2) is 18.7 Å². The van der Waals surface area contributed by atoms with Gasteiger partial charge in [-0.1, -0.05) is 13.8 Å². The normalized spacial score (nSPS) is 12.9. The maximum atomic E-state index is 11.6. The van der Waals surface area contributed by atoms with Crippen LogP contribution in [-0.4, -0.2) is 22.1 Å². The molecule has 4 heteroatoms. The van der Waals surface area contributed by atoms with Gasteiger partial charge < -0.3 is 9.30 Å². The van der Waals surface area contributed by atoms with E-state index in [9.17, 15) is 4.79 Å². The van der Waals surface area contributed by atoms with Crippen molar-refractivity contribution in [2.45, 2.75) is 26.8 Å². The topological polar surface area (TPSA) is 44.1 Å². The zero-order valence-electron chi connectivity index (χ0n) is 8.80. The Balaban J connectivity index is 2.80. The van der Waals surface area contributed by atoms with Gasteiger partial charge in [-0.15, -0.1) is 0 Å². The van der Waals surface area contributed by atoms with Gasteiger partial charge in [-0.05, 0) is 12.8 Å². The second kappa shape index (κ2) is 4.79. The maximum Gasteiger partial charge on any atom is 0.329 e. The van der Waals surface area contributed by atoms with E-state index in [1.54, 1.807) is 23.3 Å². The fourth-order valence-electron chi connectivity index (χ4n) is 1.40. The molecule has 0 saturated heterocycles. The molecular weight excluding hydrogens is 180 g/mol. The van der Waals surface area contributed by atoms with Crippen molar-refractivity contribution >= 4 is 5.97 Å². The molecule has 0 aliphatic heterocycles. The van der Waals surface area contributed by atoms with E-state index in [2.05, 4.69) is 4.98 Å². The average Bonchev–Trinajstić information content (AvgIpc) is 2.57. The lowest BCUT2D eigenvalue weighted by Gasteiger charge is -2.19. The second-order valence-corrected chi connectivity index (χ2v) is 3.45. The Labute approximate surface area is 83.9 Å². The standard InChI is InChI=1S/C10H16N2O2/c1-4-14-10(13)9(8(2)3)12-6-5-11-7-12/h5-9H,4H2,1-3H3. The van der Waals surface area contributed by atoms with E-state index >= 15 is 0 Å². The van der Waals surface area contributed by atoms with Gasteiger partial charge in [0.15, 0.2) is 0 Å². The molecule has 78 valence electrons. The molecule has 1 heterocycles. The first-order valence-electron chi connectivity index (χ1n) is 4.81. The van der Waals surface area contributed by atoms with E-state index in [0.717, 1.165) is 0 Å². The molecule has 1 aromatic heterocycles. The number of aromatic nitrogens is 2. The lowest BCUT2D eigenvalue weighted by molar-refractivity contribution is -0.148. The van der Waals surface area contributed by atoms with Crippen molar-refractivity contribution in [1.29, 1.82) is 0 Å². The van der Waals surface area contributed by atoms with E-state index in [1.165, 1.54) is 0 Å². The summed E-state index contributed by atoms with van der Waals surface area (Å²) in [5.41, 5.74) is 0. The SMILES string of the molecule is CCOC(=O)C(C(C)C)n1ccnc1. The molecule has 0 N–H and O–H groups in total.